The molecule has 0 radical (unpaired) electrons. The molecule has 0 spiro atoms. The zero-order valence-electron chi connectivity index (χ0n) is 13.6. The molecule has 1 fully saturated rings. The first kappa shape index (κ1) is 16.3. The number of amides is 2. The Morgan fingerprint density at radius 1 is 1.23 bits per heavy atom. The fourth-order valence-corrected chi connectivity index (χ4v) is 3.04. The van der Waals surface area contributed by atoms with Crippen molar-refractivity contribution >= 4 is 23.4 Å². The molecule has 2 aromatic rings. The van der Waals surface area contributed by atoms with E-state index in [9.17, 15) is 14.0 Å². The summed E-state index contributed by atoms with van der Waals surface area (Å²) in [7, 11) is 0. The van der Waals surface area contributed by atoms with E-state index in [1.165, 1.54) is 17.0 Å². The van der Waals surface area contributed by atoms with Crippen molar-refractivity contribution in [2.45, 2.75) is 6.10 Å². The van der Waals surface area contributed by atoms with Crippen molar-refractivity contribution < 1.29 is 28.6 Å². The number of aliphatic hydroxyl groups is 1. The summed E-state index contributed by atoms with van der Waals surface area (Å²) < 4.78 is 25.1. The predicted molar refractivity (Wildman–Crippen MR) is 90.7 cm³/mol. The number of cyclic esters (lactones) is 1. The van der Waals surface area contributed by atoms with Gasteiger partial charge in [0, 0.05) is 11.1 Å². The second-order valence-corrected chi connectivity index (χ2v) is 5.98. The number of para-hydroxylation sites is 1. The number of carbonyl (C=O) groups is 2. The molecule has 4 rings (SSSR count). The van der Waals surface area contributed by atoms with Crippen LogP contribution in [0.1, 0.15) is 0 Å². The second kappa shape index (κ2) is 6.30. The molecule has 2 aliphatic heterocycles. The van der Waals surface area contributed by atoms with Gasteiger partial charge in [0.1, 0.15) is 17.7 Å². The number of benzene rings is 2. The topological polar surface area (TPSA) is 88.1 Å². The van der Waals surface area contributed by atoms with E-state index in [-0.39, 0.29) is 31.2 Å². The molecule has 8 heteroatoms. The summed E-state index contributed by atoms with van der Waals surface area (Å²) in [5, 5.41) is 11.8. The second-order valence-electron chi connectivity index (χ2n) is 5.98. The molecule has 0 aliphatic carbocycles. The monoisotopic (exact) mass is 358 g/mol. The van der Waals surface area contributed by atoms with Crippen molar-refractivity contribution in [1.29, 1.82) is 0 Å². The van der Waals surface area contributed by atoms with E-state index in [2.05, 4.69) is 5.32 Å². The number of hydrogen-bond donors (Lipinski definition) is 2. The van der Waals surface area contributed by atoms with Crippen LogP contribution in [0.15, 0.2) is 36.4 Å². The number of halogens is 1. The van der Waals surface area contributed by atoms with Gasteiger partial charge in [-0.2, -0.15) is 0 Å². The molecule has 2 N–H and O–H groups in total. The zero-order valence-corrected chi connectivity index (χ0v) is 13.6. The number of hydrogen-bond acceptors (Lipinski definition) is 5. The van der Waals surface area contributed by atoms with E-state index in [4.69, 9.17) is 14.6 Å². The molecule has 7 nitrogen and oxygen atoms in total. The molecule has 26 heavy (non-hydrogen) atoms. The molecule has 2 amide bonds. The molecule has 134 valence electrons. The minimum Gasteiger partial charge on any atom is -0.482 e. The van der Waals surface area contributed by atoms with Gasteiger partial charge >= 0.3 is 6.09 Å². The van der Waals surface area contributed by atoms with Gasteiger partial charge < -0.3 is 19.9 Å². The van der Waals surface area contributed by atoms with Crippen LogP contribution in [0.4, 0.5) is 20.6 Å². The van der Waals surface area contributed by atoms with Gasteiger partial charge in [-0.05, 0) is 24.3 Å². The average molecular weight is 358 g/mol. The lowest BCUT2D eigenvalue weighted by Crippen LogP contribution is -2.26. The van der Waals surface area contributed by atoms with Crippen molar-refractivity contribution in [1.82, 2.24) is 0 Å². The number of nitrogens with one attached hydrogen (secondary N) is 1. The smallest absolute Gasteiger partial charge is 0.414 e. The van der Waals surface area contributed by atoms with Crippen LogP contribution in [0.5, 0.6) is 5.75 Å². The zero-order chi connectivity index (χ0) is 18.3. The lowest BCUT2D eigenvalue weighted by atomic mass is 10.0. The maximum Gasteiger partial charge on any atom is 0.414 e. The quantitative estimate of drug-likeness (QED) is 0.878. The highest BCUT2D eigenvalue weighted by atomic mass is 19.1. The van der Waals surface area contributed by atoms with Crippen molar-refractivity contribution in [3.8, 4) is 16.9 Å². The van der Waals surface area contributed by atoms with Crippen molar-refractivity contribution in [3.05, 3.63) is 42.2 Å². The Morgan fingerprint density at radius 2 is 2.08 bits per heavy atom. The van der Waals surface area contributed by atoms with Crippen molar-refractivity contribution in [3.63, 3.8) is 0 Å². The Hall–Kier alpha value is -3.13. The van der Waals surface area contributed by atoms with E-state index in [0.29, 0.717) is 22.7 Å². The third kappa shape index (κ3) is 2.74. The molecule has 0 aromatic heterocycles. The Kier molecular flexibility index (Phi) is 3.96. The van der Waals surface area contributed by atoms with Gasteiger partial charge in [0.15, 0.2) is 6.61 Å². The summed E-state index contributed by atoms with van der Waals surface area (Å²) in [5.41, 5.74) is 1.49. The van der Waals surface area contributed by atoms with Crippen LogP contribution in [0.2, 0.25) is 0 Å². The van der Waals surface area contributed by atoms with E-state index >= 15 is 0 Å². The Balaban J connectivity index is 1.70. The summed E-state index contributed by atoms with van der Waals surface area (Å²) >= 11 is 0. The number of anilines is 2. The summed E-state index contributed by atoms with van der Waals surface area (Å²) in [6, 6.07) is 9.42. The molecule has 2 heterocycles. The first-order chi connectivity index (χ1) is 12.6. The summed E-state index contributed by atoms with van der Waals surface area (Å²) in [5.74, 6) is -0.396. The first-order valence-corrected chi connectivity index (χ1v) is 8.01. The maximum absolute atomic E-state index is 14.8. The van der Waals surface area contributed by atoms with Gasteiger partial charge in [-0.3, -0.25) is 9.69 Å². The van der Waals surface area contributed by atoms with E-state index in [1.807, 2.05) is 0 Å². The fourth-order valence-electron chi connectivity index (χ4n) is 3.04. The van der Waals surface area contributed by atoms with E-state index in [0.717, 1.165) is 0 Å². The number of ether oxygens (including phenoxy) is 2. The lowest BCUT2D eigenvalue weighted by molar-refractivity contribution is -0.118. The number of rotatable bonds is 3. The Labute approximate surface area is 147 Å². The molecular weight excluding hydrogens is 343 g/mol. The van der Waals surface area contributed by atoms with Crippen LogP contribution in [0.25, 0.3) is 11.1 Å². The van der Waals surface area contributed by atoms with Crippen LogP contribution < -0.4 is 15.0 Å². The standard InChI is InChI=1S/C18H15FN2O5/c19-14-6-10(21-7-11(8-22)26-18(21)24)4-5-12(14)13-2-1-3-15-17(13)20-16(23)9-25-15/h1-6,11,22H,7-9H2,(H,20,23)/t11-/m1/s1. The number of carbonyl (C=O) groups excluding carboxylic acids is 2. The SMILES string of the molecule is O=C1COc2cccc(-c3ccc(N4C[C@H](CO)OC4=O)cc3F)c2N1. The highest BCUT2D eigenvalue weighted by Crippen LogP contribution is 2.39. The predicted octanol–water partition coefficient (Wildman–Crippen LogP) is 2.14. The molecule has 2 aliphatic rings. The van der Waals surface area contributed by atoms with Gasteiger partial charge in [0.25, 0.3) is 5.91 Å². The minimum atomic E-state index is -0.631. The lowest BCUT2D eigenvalue weighted by Gasteiger charge is -2.21. The van der Waals surface area contributed by atoms with Gasteiger partial charge in [-0.1, -0.05) is 12.1 Å². The molecule has 2 aromatic carbocycles. The van der Waals surface area contributed by atoms with Gasteiger partial charge in [-0.25, -0.2) is 9.18 Å². The summed E-state index contributed by atoms with van der Waals surface area (Å²) in [6.45, 7) is -0.224. The van der Waals surface area contributed by atoms with Gasteiger partial charge in [0.05, 0.1) is 24.5 Å². The van der Waals surface area contributed by atoms with Crippen LogP contribution in [-0.4, -0.2) is 43.0 Å². The van der Waals surface area contributed by atoms with Gasteiger partial charge in [0.2, 0.25) is 0 Å². The first-order valence-electron chi connectivity index (χ1n) is 8.01. The molecular formula is C18H15FN2O5. The largest absolute Gasteiger partial charge is 0.482 e. The summed E-state index contributed by atoms with van der Waals surface area (Å²) in [6.07, 6.45) is -1.26. The summed E-state index contributed by atoms with van der Waals surface area (Å²) in [4.78, 5) is 24.7. The Morgan fingerprint density at radius 3 is 2.81 bits per heavy atom. The third-order valence-electron chi connectivity index (χ3n) is 4.28. The third-order valence-corrected chi connectivity index (χ3v) is 4.28. The molecule has 1 atom stereocenters. The van der Waals surface area contributed by atoms with E-state index < -0.39 is 18.0 Å². The van der Waals surface area contributed by atoms with Crippen LogP contribution in [0.3, 0.4) is 0 Å². The molecule has 1 saturated heterocycles. The number of nitrogens with zero attached hydrogens (tertiary/aromatic N) is 1. The minimum absolute atomic E-state index is 0.0824. The molecule has 0 saturated carbocycles. The maximum atomic E-state index is 14.8. The average Bonchev–Trinajstić information content (AvgIpc) is 3.02. The van der Waals surface area contributed by atoms with Gasteiger partial charge in [-0.15, -0.1) is 0 Å². The normalized spacial score (nSPS) is 18.8. The Bertz CT molecular complexity index is 901. The number of aliphatic hydroxyl groups excluding tert-OH is 1. The van der Waals surface area contributed by atoms with Crippen molar-refractivity contribution in [2.75, 3.05) is 30.0 Å². The number of fused-ring (bicyclic) bond motifs is 1. The van der Waals surface area contributed by atoms with Crippen LogP contribution >= 0.6 is 0 Å². The highest BCUT2D eigenvalue weighted by Gasteiger charge is 2.32. The van der Waals surface area contributed by atoms with Crippen LogP contribution in [-0.2, 0) is 9.53 Å². The highest BCUT2D eigenvalue weighted by molar-refractivity contribution is 6.00. The van der Waals surface area contributed by atoms with Crippen LogP contribution in [0, 0.1) is 5.82 Å². The van der Waals surface area contributed by atoms with Crippen molar-refractivity contribution in [2.24, 2.45) is 0 Å². The molecule has 0 unspecified atom stereocenters. The fraction of sp³-hybridized carbons (Fsp3) is 0.222. The molecule has 0 bridgehead atoms. The van der Waals surface area contributed by atoms with E-state index in [1.54, 1.807) is 24.3 Å².